The standard InChI is InChI=1S/C9H8F3NO3/c10-9(11,12)5-3-1-2-4(7(5)14)6(13)8(15)16/h1-3,6,14H,13H2,(H,15,16). The first-order valence-electron chi connectivity index (χ1n) is 4.12. The van der Waals surface area contributed by atoms with E-state index in [1.54, 1.807) is 0 Å². The zero-order valence-electron chi connectivity index (χ0n) is 7.82. The second kappa shape index (κ2) is 4.01. The molecule has 4 N–H and O–H groups in total. The van der Waals surface area contributed by atoms with Crippen LogP contribution < -0.4 is 5.73 Å². The molecule has 0 spiro atoms. The number of halogens is 3. The Balaban J connectivity index is 3.30. The Morgan fingerprint density at radius 2 is 1.94 bits per heavy atom. The molecule has 0 heterocycles. The molecule has 7 heteroatoms. The van der Waals surface area contributed by atoms with Crippen molar-refractivity contribution in [1.29, 1.82) is 0 Å². The van der Waals surface area contributed by atoms with Gasteiger partial charge in [-0.25, -0.2) is 0 Å². The molecule has 0 aromatic heterocycles. The number of nitrogens with two attached hydrogens (primary N) is 1. The molecule has 0 bridgehead atoms. The van der Waals surface area contributed by atoms with Crippen molar-refractivity contribution in [3.8, 4) is 5.75 Å². The Hall–Kier alpha value is -1.76. The van der Waals surface area contributed by atoms with Crippen LogP contribution in [0.1, 0.15) is 17.2 Å². The summed E-state index contributed by atoms with van der Waals surface area (Å²) >= 11 is 0. The minimum Gasteiger partial charge on any atom is -0.507 e. The van der Waals surface area contributed by atoms with Gasteiger partial charge in [-0.15, -0.1) is 0 Å². The highest BCUT2D eigenvalue weighted by atomic mass is 19.4. The molecule has 0 aliphatic heterocycles. The number of aromatic hydroxyl groups is 1. The first-order valence-corrected chi connectivity index (χ1v) is 4.12. The van der Waals surface area contributed by atoms with Crippen LogP contribution in [0.15, 0.2) is 18.2 Å². The third-order valence-electron chi connectivity index (χ3n) is 1.97. The van der Waals surface area contributed by atoms with Crippen molar-refractivity contribution in [2.75, 3.05) is 0 Å². The molecule has 1 atom stereocenters. The molecule has 4 nitrogen and oxygen atoms in total. The summed E-state index contributed by atoms with van der Waals surface area (Å²) in [4.78, 5) is 10.5. The number of phenols is 1. The summed E-state index contributed by atoms with van der Waals surface area (Å²) < 4.78 is 37.0. The largest absolute Gasteiger partial charge is 0.507 e. The van der Waals surface area contributed by atoms with E-state index in [-0.39, 0.29) is 0 Å². The molecule has 1 aromatic carbocycles. The van der Waals surface area contributed by atoms with Gasteiger partial charge in [0.05, 0.1) is 5.56 Å². The summed E-state index contributed by atoms with van der Waals surface area (Å²) in [5.41, 5.74) is 3.35. The van der Waals surface area contributed by atoms with Crippen molar-refractivity contribution in [3.05, 3.63) is 29.3 Å². The Bertz CT molecular complexity index is 417. The normalized spacial score (nSPS) is 13.5. The van der Waals surface area contributed by atoms with Crippen molar-refractivity contribution < 1.29 is 28.2 Å². The number of alkyl halides is 3. The number of aliphatic carboxylic acids is 1. The van der Waals surface area contributed by atoms with Crippen LogP contribution in [-0.2, 0) is 11.0 Å². The van der Waals surface area contributed by atoms with Crippen LogP contribution in [-0.4, -0.2) is 16.2 Å². The number of para-hydroxylation sites is 1. The average Bonchev–Trinajstić information content (AvgIpc) is 2.15. The maximum Gasteiger partial charge on any atom is 0.419 e. The third kappa shape index (κ3) is 2.25. The molecule has 0 radical (unpaired) electrons. The van der Waals surface area contributed by atoms with Crippen molar-refractivity contribution >= 4 is 5.97 Å². The number of carbonyl (C=O) groups is 1. The fourth-order valence-electron chi connectivity index (χ4n) is 1.17. The van der Waals surface area contributed by atoms with Gasteiger partial charge in [0.25, 0.3) is 0 Å². The molecule has 1 rings (SSSR count). The van der Waals surface area contributed by atoms with Gasteiger partial charge in [-0.05, 0) is 6.07 Å². The minimum atomic E-state index is -4.75. The van der Waals surface area contributed by atoms with E-state index < -0.39 is 35.1 Å². The number of rotatable bonds is 2. The van der Waals surface area contributed by atoms with Gasteiger partial charge >= 0.3 is 12.1 Å². The monoisotopic (exact) mass is 235 g/mol. The van der Waals surface area contributed by atoms with Crippen LogP contribution in [0.3, 0.4) is 0 Å². The van der Waals surface area contributed by atoms with Gasteiger partial charge < -0.3 is 15.9 Å². The molecule has 0 saturated heterocycles. The summed E-state index contributed by atoms with van der Waals surface area (Å²) in [5.74, 6) is -2.67. The topological polar surface area (TPSA) is 83.6 Å². The van der Waals surface area contributed by atoms with E-state index in [2.05, 4.69) is 0 Å². The van der Waals surface area contributed by atoms with Crippen molar-refractivity contribution in [1.82, 2.24) is 0 Å². The average molecular weight is 235 g/mol. The van der Waals surface area contributed by atoms with Gasteiger partial charge in [0.1, 0.15) is 11.8 Å². The lowest BCUT2D eigenvalue weighted by atomic mass is 10.0. The molecular weight excluding hydrogens is 227 g/mol. The lowest BCUT2D eigenvalue weighted by Crippen LogP contribution is -2.21. The van der Waals surface area contributed by atoms with Crippen LogP contribution in [0, 0.1) is 0 Å². The van der Waals surface area contributed by atoms with Crippen molar-refractivity contribution in [3.63, 3.8) is 0 Å². The molecule has 1 unspecified atom stereocenters. The lowest BCUT2D eigenvalue weighted by molar-refractivity contribution is -0.140. The number of hydrogen-bond donors (Lipinski definition) is 3. The highest BCUT2D eigenvalue weighted by Crippen LogP contribution is 2.38. The van der Waals surface area contributed by atoms with E-state index in [1.165, 1.54) is 0 Å². The summed E-state index contributed by atoms with van der Waals surface area (Å²) in [6, 6.07) is 0.972. The number of carboxylic acids is 1. The Labute approximate surface area is 88.1 Å². The number of hydrogen-bond acceptors (Lipinski definition) is 3. The SMILES string of the molecule is NC(C(=O)O)c1cccc(C(F)(F)F)c1O. The molecule has 0 aliphatic carbocycles. The molecule has 88 valence electrons. The second-order valence-electron chi connectivity index (χ2n) is 3.06. The van der Waals surface area contributed by atoms with E-state index in [9.17, 15) is 23.1 Å². The zero-order chi connectivity index (χ0) is 12.5. The molecular formula is C9H8F3NO3. The van der Waals surface area contributed by atoms with Crippen LogP contribution >= 0.6 is 0 Å². The number of phenolic OH excluding ortho intramolecular Hbond substituents is 1. The van der Waals surface area contributed by atoms with Gasteiger partial charge in [-0.3, -0.25) is 4.79 Å². The van der Waals surface area contributed by atoms with Gasteiger partial charge in [-0.2, -0.15) is 13.2 Å². The Kier molecular flexibility index (Phi) is 3.09. The fourth-order valence-corrected chi connectivity index (χ4v) is 1.17. The predicted molar refractivity (Wildman–Crippen MR) is 47.7 cm³/mol. The van der Waals surface area contributed by atoms with E-state index in [0.717, 1.165) is 12.1 Å². The van der Waals surface area contributed by atoms with E-state index in [1.807, 2.05) is 0 Å². The van der Waals surface area contributed by atoms with Gasteiger partial charge in [-0.1, -0.05) is 12.1 Å². The van der Waals surface area contributed by atoms with Gasteiger partial charge in [0.15, 0.2) is 0 Å². The maximum atomic E-state index is 12.3. The van der Waals surface area contributed by atoms with Crippen LogP contribution in [0.2, 0.25) is 0 Å². The van der Waals surface area contributed by atoms with E-state index in [4.69, 9.17) is 10.8 Å². The molecule has 0 saturated carbocycles. The second-order valence-corrected chi connectivity index (χ2v) is 3.06. The van der Waals surface area contributed by atoms with Crippen molar-refractivity contribution in [2.45, 2.75) is 12.2 Å². The lowest BCUT2D eigenvalue weighted by Gasteiger charge is -2.14. The van der Waals surface area contributed by atoms with Crippen LogP contribution in [0.25, 0.3) is 0 Å². The van der Waals surface area contributed by atoms with Gasteiger partial charge in [0.2, 0.25) is 0 Å². The number of carboxylic acid groups (broad SMARTS) is 1. The maximum absolute atomic E-state index is 12.3. The Morgan fingerprint density at radius 3 is 2.38 bits per heavy atom. The number of benzene rings is 1. The third-order valence-corrected chi connectivity index (χ3v) is 1.97. The van der Waals surface area contributed by atoms with E-state index >= 15 is 0 Å². The first kappa shape index (κ1) is 12.3. The molecule has 0 amide bonds. The summed E-state index contributed by atoms with van der Waals surface area (Å²) in [6.07, 6.45) is -4.75. The molecule has 16 heavy (non-hydrogen) atoms. The highest BCUT2D eigenvalue weighted by Gasteiger charge is 2.35. The van der Waals surface area contributed by atoms with Crippen LogP contribution in [0.4, 0.5) is 13.2 Å². The first-order chi connectivity index (χ1) is 7.25. The summed E-state index contributed by atoms with van der Waals surface area (Å²) in [5, 5.41) is 17.8. The molecule has 1 aromatic rings. The predicted octanol–water partition coefficient (Wildman–Crippen LogP) is 1.50. The van der Waals surface area contributed by atoms with E-state index in [0.29, 0.717) is 6.07 Å². The molecule has 0 fully saturated rings. The minimum absolute atomic E-state index is 0.470. The van der Waals surface area contributed by atoms with Crippen LogP contribution in [0.5, 0.6) is 5.75 Å². The smallest absolute Gasteiger partial charge is 0.419 e. The highest BCUT2D eigenvalue weighted by molar-refractivity contribution is 5.76. The molecule has 0 aliphatic rings. The summed E-state index contributed by atoms with van der Waals surface area (Å²) in [7, 11) is 0. The Morgan fingerprint density at radius 1 is 1.38 bits per heavy atom. The fraction of sp³-hybridized carbons (Fsp3) is 0.222. The van der Waals surface area contributed by atoms with Crippen molar-refractivity contribution in [2.24, 2.45) is 5.73 Å². The zero-order valence-corrected chi connectivity index (χ0v) is 7.82. The summed E-state index contributed by atoms with van der Waals surface area (Å²) in [6.45, 7) is 0. The quantitative estimate of drug-likeness (QED) is 0.725. The van der Waals surface area contributed by atoms with Gasteiger partial charge in [0, 0.05) is 5.56 Å².